The zero-order valence-corrected chi connectivity index (χ0v) is 11.6. The number of hydrogen-bond donors (Lipinski definition) is 1. The van der Waals surface area contributed by atoms with Gasteiger partial charge in [-0.2, -0.15) is 0 Å². The summed E-state index contributed by atoms with van der Waals surface area (Å²) in [6.45, 7) is 4.58. The van der Waals surface area contributed by atoms with E-state index in [-0.39, 0.29) is 0 Å². The van der Waals surface area contributed by atoms with Gasteiger partial charge in [0.25, 0.3) is 0 Å². The minimum atomic E-state index is 0.970. The van der Waals surface area contributed by atoms with Crippen molar-refractivity contribution in [3.8, 4) is 0 Å². The molecule has 0 bridgehead atoms. The van der Waals surface area contributed by atoms with E-state index in [0.717, 1.165) is 19.0 Å². The summed E-state index contributed by atoms with van der Waals surface area (Å²) in [4.78, 5) is 3.92. The van der Waals surface area contributed by atoms with Gasteiger partial charge in [-0.3, -0.25) is 0 Å². The average Bonchev–Trinajstić information content (AvgIpc) is 2.96. The van der Waals surface area contributed by atoms with Gasteiger partial charge in [-0.05, 0) is 37.3 Å². The molecule has 0 spiro atoms. The highest BCUT2D eigenvalue weighted by Crippen LogP contribution is 2.24. The molecule has 0 unspecified atom stereocenters. The van der Waals surface area contributed by atoms with Crippen LogP contribution < -0.4 is 5.32 Å². The standard InChI is InChI=1S/C14H24N2S/c1-16(12-13-5-2-3-6-13)9-8-15-11-14-7-4-10-17-14/h4,7,10,13,15H,2-3,5-6,8-9,11-12H2,1H3. The Morgan fingerprint density at radius 3 is 2.94 bits per heavy atom. The predicted molar refractivity (Wildman–Crippen MR) is 75.5 cm³/mol. The normalized spacial score (nSPS) is 17.1. The van der Waals surface area contributed by atoms with Crippen LogP contribution in [0.1, 0.15) is 30.6 Å². The Bertz CT molecular complexity index is 291. The molecule has 2 nitrogen and oxygen atoms in total. The SMILES string of the molecule is CN(CCNCc1cccs1)CC1CCCC1. The third-order valence-corrected chi connectivity index (χ3v) is 4.47. The fourth-order valence-electron chi connectivity index (χ4n) is 2.62. The summed E-state index contributed by atoms with van der Waals surface area (Å²) in [5.74, 6) is 0.970. The molecule has 2 rings (SSSR count). The van der Waals surface area contributed by atoms with Crippen LogP contribution in [0.5, 0.6) is 0 Å². The fraction of sp³-hybridized carbons (Fsp3) is 0.714. The van der Waals surface area contributed by atoms with E-state index in [1.807, 2.05) is 11.3 Å². The summed E-state index contributed by atoms with van der Waals surface area (Å²) in [7, 11) is 2.26. The maximum atomic E-state index is 3.51. The van der Waals surface area contributed by atoms with Gasteiger partial charge in [-0.25, -0.2) is 0 Å². The molecule has 3 heteroatoms. The molecule has 1 aliphatic carbocycles. The van der Waals surface area contributed by atoms with E-state index < -0.39 is 0 Å². The third kappa shape index (κ3) is 4.78. The van der Waals surface area contributed by atoms with E-state index >= 15 is 0 Å². The van der Waals surface area contributed by atoms with E-state index in [1.165, 1.54) is 43.6 Å². The van der Waals surface area contributed by atoms with Gasteiger partial charge in [0.2, 0.25) is 0 Å². The summed E-state index contributed by atoms with van der Waals surface area (Å²) < 4.78 is 0. The molecule has 1 fully saturated rings. The van der Waals surface area contributed by atoms with E-state index in [4.69, 9.17) is 0 Å². The van der Waals surface area contributed by atoms with Crippen molar-refractivity contribution in [2.75, 3.05) is 26.7 Å². The molecule has 1 heterocycles. The molecule has 1 saturated carbocycles. The summed E-state index contributed by atoms with van der Waals surface area (Å²) in [5.41, 5.74) is 0. The highest BCUT2D eigenvalue weighted by atomic mass is 32.1. The first-order chi connectivity index (χ1) is 8.34. The van der Waals surface area contributed by atoms with Crippen LogP contribution in [0.3, 0.4) is 0 Å². The van der Waals surface area contributed by atoms with Crippen LogP contribution in [0.2, 0.25) is 0 Å². The molecule has 1 aromatic heterocycles. The second-order valence-corrected chi connectivity index (χ2v) is 6.20. The second-order valence-electron chi connectivity index (χ2n) is 5.17. The third-order valence-electron chi connectivity index (χ3n) is 3.59. The van der Waals surface area contributed by atoms with Crippen LogP contribution in [-0.4, -0.2) is 31.6 Å². The zero-order chi connectivity index (χ0) is 11.9. The topological polar surface area (TPSA) is 15.3 Å². The fourth-order valence-corrected chi connectivity index (χ4v) is 3.29. The molecule has 1 aromatic rings. The Labute approximate surface area is 109 Å². The Morgan fingerprint density at radius 1 is 1.41 bits per heavy atom. The van der Waals surface area contributed by atoms with Crippen molar-refractivity contribution < 1.29 is 0 Å². The lowest BCUT2D eigenvalue weighted by molar-refractivity contribution is 0.277. The van der Waals surface area contributed by atoms with Crippen molar-refractivity contribution in [1.82, 2.24) is 10.2 Å². The van der Waals surface area contributed by atoms with Crippen molar-refractivity contribution in [2.45, 2.75) is 32.2 Å². The van der Waals surface area contributed by atoms with Crippen LogP contribution >= 0.6 is 11.3 Å². The first kappa shape index (κ1) is 13.1. The first-order valence-corrected chi connectivity index (χ1v) is 7.64. The number of thiophene rings is 1. The Kier molecular flexibility index (Phi) is 5.49. The van der Waals surface area contributed by atoms with Crippen LogP contribution in [0.15, 0.2) is 17.5 Å². The second kappa shape index (κ2) is 7.14. The van der Waals surface area contributed by atoms with Gasteiger partial charge in [0.15, 0.2) is 0 Å². The minimum absolute atomic E-state index is 0.970. The Balaban J connectivity index is 1.52. The van der Waals surface area contributed by atoms with Crippen LogP contribution in [0.4, 0.5) is 0 Å². The molecule has 17 heavy (non-hydrogen) atoms. The van der Waals surface area contributed by atoms with Gasteiger partial charge in [0.05, 0.1) is 0 Å². The lowest BCUT2D eigenvalue weighted by atomic mass is 10.1. The smallest absolute Gasteiger partial charge is 0.0300 e. The Hall–Kier alpha value is -0.380. The molecular weight excluding hydrogens is 228 g/mol. The lowest BCUT2D eigenvalue weighted by Gasteiger charge is -2.20. The summed E-state index contributed by atoms with van der Waals surface area (Å²) >= 11 is 1.83. The van der Waals surface area contributed by atoms with Gasteiger partial charge in [-0.1, -0.05) is 18.9 Å². The maximum absolute atomic E-state index is 3.51. The van der Waals surface area contributed by atoms with Crippen molar-refractivity contribution in [3.63, 3.8) is 0 Å². The number of likely N-dealkylation sites (N-methyl/N-ethyl adjacent to an activating group) is 1. The average molecular weight is 252 g/mol. The largest absolute Gasteiger partial charge is 0.311 e. The van der Waals surface area contributed by atoms with Gasteiger partial charge >= 0.3 is 0 Å². The van der Waals surface area contributed by atoms with Crippen molar-refractivity contribution in [2.24, 2.45) is 5.92 Å². The molecule has 0 saturated heterocycles. The molecule has 1 aliphatic rings. The number of hydrogen-bond acceptors (Lipinski definition) is 3. The maximum Gasteiger partial charge on any atom is 0.0300 e. The van der Waals surface area contributed by atoms with E-state index in [2.05, 4.69) is 34.8 Å². The van der Waals surface area contributed by atoms with E-state index in [9.17, 15) is 0 Å². The van der Waals surface area contributed by atoms with Crippen molar-refractivity contribution in [3.05, 3.63) is 22.4 Å². The summed E-state index contributed by atoms with van der Waals surface area (Å²) in [6, 6.07) is 4.31. The minimum Gasteiger partial charge on any atom is -0.311 e. The molecule has 0 radical (unpaired) electrons. The molecule has 0 aromatic carbocycles. The monoisotopic (exact) mass is 252 g/mol. The molecule has 1 N–H and O–H groups in total. The number of nitrogens with one attached hydrogen (secondary N) is 1. The van der Waals surface area contributed by atoms with Crippen LogP contribution in [0, 0.1) is 5.92 Å². The molecular formula is C14H24N2S. The molecule has 96 valence electrons. The van der Waals surface area contributed by atoms with Gasteiger partial charge < -0.3 is 10.2 Å². The van der Waals surface area contributed by atoms with Gasteiger partial charge in [0, 0.05) is 31.1 Å². The predicted octanol–water partition coefficient (Wildman–Crippen LogP) is 2.96. The molecule has 0 aliphatic heterocycles. The number of rotatable bonds is 7. The number of nitrogens with zero attached hydrogens (tertiary/aromatic N) is 1. The van der Waals surface area contributed by atoms with E-state index in [1.54, 1.807) is 0 Å². The van der Waals surface area contributed by atoms with Crippen molar-refractivity contribution in [1.29, 1.82) is 0 Å². The lowest BCUT2D eigenvalue weighted by Crippen LogP contribution is -2.31. The summed E-state index contributed by atoms with van der Waals surface area (Å²) in [5, 5.41) is 5.65. The summed E-state index contributed by atoms with van der Waals surface area (Å²) in [6.07, 6.45) is 5.81. The van der Waals surface area contributed by atoms with Gasteiger partial charge in [-0.15, -0.1) is 11.3 Å². The molecule has 0 atom stereocenters. The highest BCUT2D eigenvalue weighted by molar-refractivity contribution is 7.09. The highest BCUT2D eigenvalue weighted by Gasteiger charge is 2.16. The van der Waals surface area contributed by atoms with E-state index in [0.29, 0.717) is 0 Å². The quantitative estimate of drug-likeness (QED) is 0.751. The first-order valence-electron chi connectivity index (χ1n) is 6.76. The van der Waals surface area contributed by atoms with Crippen LogP contribution in [0.25, 0.3) is 0 Å². The van der Waals surface area contributed by atoms with Crippen molar-refractivity contribution >= 4 is 11.3 Å². The van der Waals surface area contributed by atoms with Gasteiger partial charge in [0.1, 0.15) is 0 Å². The zero-order valence-electron chi connectivity index (χ0n) is 10.8. The van der Waals surface area contributed by atoms with Crippen LogP contribution in [-0.2, 0) is 6.54 Å². The Morgan fingerprint density at radius 2 is 2.24 bits per heavy atom. The molecule has 0 amide bonds.